The van der Waals surface area contributed by atoms with Crippen LogP contribution in [0.25, 0.3) is 0 Å². The molecule has 1 atom stereocenters. The molecule has 1 aromatic heterocycles. The summed E-state index contributed by atoms with van der Waals surface area (Å²) in [5.41, 5.74) is 0. The normalized spacial score (nSPS) is 20.2. The third-order valence-electron chi connectivity index (χ3n) is 5.11. The first-order valence-corrected chi connectivity index (χ1v) is 9.22. The van der Waals surface area contributed by atoms with Gasteiger partial charge < -0.3 is 14.2 Å². The standard InChI is InChI=1S/C19H24N4O2/c24-18(14-25-15-8-3-1-4-9-15)22-13-7-10-16(22)19-21-20-17-11-5-2-6-12-23(17)19/h1,3-4,8-9,16H,2,5-7,10-14H2. The van der Waals surface area contributed by atoms with Crippen molar-refractivity contribution in [2.45, 2.75) is 51.1 Å². The van der Waals surface area contributed by atoms with Crippen LogP contribution in [-0.2, 0) is 17.8 Å². The average molecular weight is 340 g/mol. The quantitative estimate of drug-likeness (QED) is 0.859. The highest BCUT2D eigenvalue weighted by Crippen LogP contribution is 2.32. The van der Waals surface area contributed by atoms with E-state index in [0.29, 0.717) is 0 Å². The summed E-state index contributed by atoms with van der Waals surface area (Å²) in [7, 11) is 0. The maximum absolute atomic E-state index is 12.7. The number of likely N-dealkylation sites (tertiary alicyclic amines) is 1. The molecule has 0 spiro atoms. The number of aromatic nitrogens is 3. The molecule has 1 unspecified atom stereocenters. The molecule has 0 radical (unpaired) electrons. The molecule has 0 saturated carbocycles. The van der Waals surface area contributed by atoms with E-state index in [1.165, 1.54) is 12.8 Å². The molecule has 1 fully saturated rings. The monoisotopic (exact) mass is 340 g/mol. The van der Waals surface area contributed by atoms with Gasteiger partial charge in [0.05, 0.1) is 6.04 Å². The van der Waals surface area contributed by atoms with Gasteiger partial charge in [-0.05, 0) is 37.8 Å². The topological polar surface area (TPSA) is 60.2 Å². The number of fused-ring (bicyclic) bond motifs is 1. The summed E-state index contributed by atoms with van der Waals surface area (Å²) in [5, 5.41) is 8.84. The number of carbonyl (C=O) groups excluding carboxylic acids is 1. The fourth-order valence-corrected chi connectivity index (χ4v) is 3.83. The van der Waals surface area contributed by atoms with Crippen molar-refractivity contribution < 1.29 is 9.53 Å². The van der Waals surface area contributed by atoms with Crippen molar-refractivity contribution in [1.29, 1.82) is 0 Å². The van der Waals surface area contributed by atoms with Crippen molar-refractivity contribution in [2.75, 3.05) is 13.2 Å². The van der Waals surface area contributed by atoms with E-state index in [2.05, 4.69) is 14.8 Å². The van der Waals surface area contributed by atoms with E-state index >= 15 is 0 Å². The molecule has 6 nitrogen and oxygen atoms in total. The summed E-state index contributed by atoms with van der Waals surface area (Å²) in [6.45, 7) is 1.81. The van der Waals surface area contributed by atoms with Crippen LogP contribution in [0, 0.1) is 0 Å². The molecule has 2 aliphatic heterocycles. The Bertz CT molecular complexity index is 728. The van der Waals surface area contributed by atoms with Crippen molar-refractivity contribution in [2.24, 2.45) is 0 Å². The van der Waals surface area contributed by atoms with E-state index in [9.17, 15) is 4.79 Å². The summed E-state index contributed by atoms with van der Waals surface area (Å²) < 4.78 is 7.90. The van der Waals surface area contributed by atoms with Gasteiger partial charge in [-0.3, -0.25) is 4.79 Å². The number of amides is 1. The highest BCUT2D eigenvalue weighted by molar-refractivity contribution is 5.78. The van der Waals surface area contributed by atoms with Crippen molar-refractivity contribution in [3.05, 3.63) is 42.0 Å². The zero-order valence-electron chi connectivity index (χ0n) is 14.4. The number of benzene rings is 1. The number of hydrogen-bond donors (Lipinski definition) is 0. The molecule has 0 aliphatic carbocycles. The molecule has 1 saturated heterocycles. The third kappa shape index (κ3) is 3.38. The molecule has 132 valence electrons. The second kappa shape index (κ2) is 7.25. The van der Waals surface area contributed by atoms with Gasteiger partial charge in [0.15, 0.2) is 12.4 Å². The number of para-hydroxylation sites is 1. The summed E-state index contributed by atoms with van der Waals surface area (Å²) in [5.74, 6) is 2.79. The molecule has 0 N–H and O–H groups in total. The molecule has 0 bridgehead atoms. The van der Waals surface area contributed by atoms with Crippen LogP contribution >= 0.6 is 0 Å². The Morgan fingerprint density at radius 1 is 1.08 bits per heavy atom. The third-order valence-corrected chi connectivity index (χ3v) is 5.11. The van der Waals surface area contributed by atoms with Crippen molar-refractivity contribution in [1.82, 2.24) is 19.7 Å². The Morgan fingerprint density at radius 3 is 2.84 bits per heavy atom. The van der Waals surface area contributed by atoms with E-state index < -0.39 is 0 Å². The van der Waals surface area contributed by atoms with E-state index in [0.717, 1.165) is 56.2 Å². The van der Waals surface area contributed by atoms with Crippen molar-refractivity contribution >= 4 is 5.91 Å². The summed E-state index contributed by atoms with van der Waals surface area (Å²) in [6, 6.07) is 9.52. The Balaban J connectivity index is 1.47. The molecule has 1 amide bonds. The molecular weight excluding hydrogens is 316 g/mol. The van der Waals surface area contributed by atoms with Gasteiger partial charge in [0.2, 0.25) is 0 Å². The first-order valence-electron chi connectivity index (χ1n) is 9.22. The maximum atomic E-state index is 12.7. The van der Waals surface area contributed by atoms with Crippen LogP contribution < -0.4 is 4.74 Å². The first-order chi connectivity index (χ1) is 12.3. The van der Waals surface area contributed by atoms with E-state index in [1.54, 1.807) is 0 Å². The van der Waals surface area contributed by atoms with Crippen LogP contribution in [0.1, 0.15) is 49.8 Å². The van der Waals surface area contributed by atoms with Crippen LogP contribution in [0.2, 0.25) is 0 Å². The number of ether oxygens (including phenoxy) is 1. The van der Waals surface area contributed by atoms with E-state index in [-0.39, 0.29) is 18.6 Å². The van der Waals surface area contributed by atoms with Crippen LogP contribution in [0.3, 0.4) is 0 Å². The summed E-state index contributed by atoms with van der Waals surface area (Å²) >= 11 is 0. The van der Waals surface area contributed by atoms with Gasteiger partial charge in [0.1, 0.15) is 11.6 Å². The summed E-state index contributed by atoms with van der Waals surface area (Å²) in [6.07, 6.45) is 6.52. The molecule has 6 heteroatoms. The molecular formula is C19H24N4O2. The zero-order chi connectivity index (χ0) is 17.1. The molecule has 1 aromatic carbocycles. The molecule has 4 rings (SSSR count). The van der Waals surface area contributed by atoms with Crippen molar-refractivity contribution in [3.8, 4) is 5.75 Å². The fraction of sp³-hybridized carbons (Fsp3) is 0.526. The maximum Gasteiger partial charge on any atom is 0.261 e. The number of rotatable bonds is 4. The minimum Gasteiger partial charge on any atom is -0.484 e. The van der Waals surface area contributed by atoms with Gasteiger partial charge in [-0.25, -0.2) is 0 Å². The summed E-state index contributed by atoms with van der Waals surface area (Å²) in [4.78, 5) is 14.6. The lowest BCUT2D eigenvalue weighted by Crippen LogP contribution is -2.35. The van der Waals surface area contributed by atoms with Gasteiger partial charge in [-0.2, -0.15) is 0 Å². The fourth-order valence-electron chi connectivity index (χ4n) is 3.83. The largest absolute Gasteiger partial charge is 0.484 e. The second-order valence-corrected chi connectivity index (χ2v) is 6.78. The Morgan fingerprint density at radius 2 is 1.96 bits per heavy atom. The number of aryl methyl sites for hydroxylation is 1. The van der Waals surface area contributed by atoms with Gasteiger partial charge in [-0.1, -0.05) is 24.6 Å². The van der Waals surface area contributed by atoms with Gasteiger partial charge in [0, 0.05) is 19.5 Å². The molecule has 25 heavy (non-hydrogen) atoms. The Labute approximate surface area is 147 Å². The van der Waals surface area contributed by atoms with Crippen LogP contribution in [0.5, 0.6) is 5.75 Å². The SMILES string of the molecule is O=C(COc1ccccc1)N1CCCC1c1nnc2n1CCCCC2. The predicted octanol–water partition coefficient (Wildman–Crippen LogP) is 2.75. The minimum atomic E-state index is 0.0253. The number of hydrogen-bond acceptors (Lipinski definition) is 4. The van der Waals surface area contributed by atoms with Crippen LogP contribution in [0.15, 0.2) is 30.3 Å². The van der Waals surface area contributed by atoms with Crippen molar-refractivity contribution in [3.63, 3.8) is 0 Å². The van der Waals surface area contributed by atoms with E-state index in [1.807, 2.05) is 35.2 Å². The number of carbonyl (C=O) groups is 1. The Kier molecular flexibility index (Phi) is 4.68. The first kappa shape index (κ1) is 16.1. The lowest BCUT2D eigenvalue weighted by atomic mass is 10.2. The second-order valence-electron chi connectivity index (χ2n) is 6.78. The minimum absolute atomic E-state index is 0.0253. The zero-order valence-corrected chi connectivity index (χ0v) is 14.4. The van der Waals surface area contributed by atoms with E-state index in [4.69, 9.17) is 4.74 Å². The average Bonchev–Trinajstić information content (AvgIpc) is 3.21. The lowest BCUT2D eigenvalue weighted by Gasteiger charge is -2.24. The van der Waals surface area contributed by atoms with Crippen LogP contribution in [-0.4, -0.2) is 38.7 Å². The van der Waals surface area contributed by atoms with Gasteiger partial charge in [-0.15, -0.1) is 10.2 Å². The highest BCUT2D eigenvalue weighted by atomic mass is 16.5. The predicted molar refractivity (Wildman–Crippen MR) is 93.2 cm³/mol. The highest BCUT2D eigenvalue weighted by Gasteiger charge is 2.34. The lowest BCUT2D eigenvalue weighted by molar-refractivity contribution is -0.134. The van der Waals surface area contributed by atoms with Gasteiger partial charge in [0.25, 0.3) is 5.91 Å². The van der Waals surface area contributed by atoms with Gasteiger partial charge >= 0.3 is 0 Å². The number of nitrogens with zero attached hydrogens (tertiary/aromatic N) is 4. The molecule has 2 aliphatic rings. The Hall–Kier alpha value is -2.37. The smallest absolute Gasteiger partial charge is 0.261 e. The molecule has 2 aromatic rings. The molecule has 3 heterocycles. The van der Waals surface area contributed by atoms with Crippen LogP contribution in [0.4, 0.5) is 0 Å².